The van der Waals surface area contributed by atoms with Crippen LogP contribution in [0.4, 0.5) is 0 Å². The number of carbonyl (C=O) groups excluding carboxylic acids is 1. The van der Waals surface area contributed by atoms with Crippen LogP contribution in [-0.4, -0.2) is 53.1 Å². The Kier molecular flexibility index (Phi) is 6.90. The molecule has 0 heterocycles. The van der Waals surface area contributed by atoms with Gasteiger partial charge >= 0.3 is 5.97 Å². The Hall–Kier alpha value is -2.22. The van der Waals surface area contributed by atoms with Gasteiger partial charge in [-0.15, -0.1) is 0 Å². The monoisotopic (exact) mass is 376 g/mol. The first-order chi connectivity index (χ1) is 12.3. The van der Waals surface area contributed by atoms with Crippen LogP contribution in [0.2, 0.25) is 0 Å². The van der Waals surface area contributed by atoms with Crippen LogP contribution in [0.15, 0.2) is 59.5 Å². The van der Waals surface area contributed by atoms with E-state index in [1.54, 1.807) is 0 Å². The summed E-state index contributed by atoms with van der Waals surface area (Å²) in [5.74, 6) is -0.572. The van der Waals surface area contributed by atoms with E-state index in [-0.39, 0.29) is 23.0 Å². The van der Waals surface area contributed by atoms with Crippen molar-refractivity contribution in [1.29, 1.82) is 0 Å². The topological polar surface area (TPSA) is 75.7 Å². The largest absolute Gasteiger partial charge is 0.465 e. The smallest absolute Gasteiger partial charge is 0.337 e. The summed E-state index contributed by atoms with van der Waals surface area (Å²) >= 11 is 0. The molecule has 0 fully saturated rings. The second kappa shape index (κ2) is 8.93. The third kappa shape index (κ3) is 5.39. The Balaban J connectivity index is 2.11. The summed E-state index contributed by atoms with van der Waals surface area (Å²) in [6.07, 6.45) is 0.721. The van der Waals surface area contributed by atoms with E-state index >= 15 is 0 Å². The quantitative estimate of drug-likeness (QED) is 0.713. The number of hydrogen-bond donors (Lipinski definition) is 1. The molecule has 0 radical (unpaired) electrons. The molecule has 0 aliphatic heterocycles. The van der Waals surface area contributed by atoms with Gasteiger partial charge in [0, 0.05) is 12.6 Å². The van der Waals surface area contributed by atoms with Gasteiger partial charge in [0.25, 0.3) is 0 Å². The number of ether oxygens (including phenoxy) is 1. The lowest BCUT2D eigenvalue weighted by Gasteiger charge is -2.24. The molecule has 0 bridgehead atoms. The lowest BCUT2D eigenvalue weighted by atomic mass is 10.1. The maximum atomic E-state index is 12.6. The average Bonchev–Trinajstić information content (AvgIpc) is 2.65. The van der Waals surface area contributed by atoms with Crippen LogP contribution in [0.5, 0.6) is 0 Å². The molecule has 0 spiro atoms. The second-order valence-corrected chi connectivity index (χ2v) is 7.95. The Bertz CT molecular complexity index is 836. The molecule has 0 aliphatic carbocycles. The maximum Gasteiger partial charge on any atom is 0.337 e. The van der Waals surface area contributed by atoms with Crippen molar-refractivity contribution < 1.29 is 17.9 Å². The van der Waals surface area contributed by atoms with E-state index in [0.29, 0.717) is 0 Å². The Morgan fingerprint density at radius 2 is 1.81 bits per heavy atom. The van der Waals surface area contributed by atoms with Gasteiger partial charge in [0.15, 0.2) is 0 Å². The number of methoxy groups -OCH3 is 1. The normalized spacial score (nSPS) is 12.8. The lowest BCUT2D eigenvalue weighted by molar-refractivity contribution is 0.0600. The Morgan fingerprint density at radius 1 is 1.12 bits per heavy atom. The minimum Gasteiger partial charge on any atom is -0.465 e. The molecule has 2 aromatic carbocycles. The number of nitrogens with zero attached hydrogens (tertiary/aromatic N) is 1. The molecule has 2 aromatic rings. The standard InChI is InChI=1S/C19H24N2O4S/c1-21(2)17(12-15-8-5-4-6-9-15)14-20-26(23,24)18-11-7-10-16(13-18)19(22)25-3/h4-11,13,17,20H,12,14H2,1-3H3. The Labute approximate surface area is 154 Å². The van der Waals surface area contributed by atoms with Gasteiger partial charge in [-0.05, 0) is 44.3 Å². The van der Waals surface area contributed by atoms with E-state index in [9.17, 15) is 13.2 Å². The second-order valence-electron chi connectivity index (χ2n) is 6.18. The fraction of sp³-hybridized carbons (Fsp3) is 0.316. The van der Waals surface area contributed by atoms with Crippen molar-refractivity contribution in [3.63, 3.8) is 0 Å². The van der Waals surface area contributed by atoms with Crippen LogP contribution in [0, 0.1) is 0 Å². The van der Waals surface area contributed by atoms with Gasteiger partial charge in [0.05, 0.1) is 17.6 Å². The van der Waals surface area contributed by atoms with Crippen molar-refractivity contribution in [1.82, 2.24) is 9.62 Å². The molecule has 26 heavy (non-hydrogen) atoms. The van der Waals surface area contributed by atoms with Crippen LogP contribution >= 0.6 is 0 Å². The van der Waals surface area contributed by atoms with Gasteiger partial charge in [-0.2, -0.15) is 0 Å². The predicted molar refractivity (Wildman–Crippen MR) is 101 cm³/mol. The molecule has 1 N–H and O–H groups in total. The summed E-state index contributed by atoms with van der Waals surface area (Å²) in [6.45, 7) is 0.257. The van der Waals surface area contributed by atoms with Crippen LogP contribution < -0.4 is 4.72 Å². The summed E-state index contributed by atoms with van der Waals surface area (Å²) in [5.41, 5.74) is 1.34. The zero-order chi connectivity index (χ0) is 19.2. The summed E-state index contributed by atoms with van der Waals surface area (Å²) < 4.78 is 32.5. The van der Waals surface area contributed by atoms with E-state index in [0.717, 1.165) is 12.0 Å². The number of likely N-dealkylation sites (N-methyl/N-ethyl adjacent to an activating group) is 1. The van der Waals surface area contributed by atoms with E-state index in [1.807, 2.05) is 49.3 Å². The van der Waals surface area contributed by atoms with Crippen LogP contribution in [-0.2, 0) is 21.2 Å². The predicted octanol–water partition coefficient (Wildman–Crippen LogP) is 1.92. The number of benzene rings is 2. The van der Waals surface area contributed by atoms with Crippen LogP contribution in [0.1, 0.15) is 15.9 Å². The minimum absolute atomic E-state index is 0.00374. The SMILES string of the molecule is COC(=O)c1cccc(S(=O)(=O)NCC(Cc2ccccc2)N(C)C)c1. The summed E-state index contributed by atoms with van der Waals surface area (Å²) in [5, 5.41) is 0. The van der Waals surface area contributed by atoms with Gasteiger partial charge in [0.1, 0.15) is 0 Å². The van der Waals surface area contributed by atoms with E-state index < -0.39 is 16.0 Å². The molecule has 1 atom stereocenters. The molecule has 2 rings (SSSR count). The van der Waals surface area contributed by atoms with Gasteiger partial charge in [-0.25, -0.2) is 17.9 Å². The first kappa shape index (κ1) is 20.1. The highest BCUT2D eigenvalue weighted by molar-refractivity contribution is 7.89. The molecule has 6 nitrogen and oxygen atoms in total. The zero-order valence-electron chi connectivity index (χ0n) is 15.2. The minimum atomic E-state index is -3.73. The van der Waals surface area contributed by atoms with Crippen LogP contribution in [0.25, 0.3) is 0 Å². The molecule has 1 unspecified atom stereocenters. The molecule has 0 amide bonds. The highest BCUT2D eigenvalue weighted by Gasteiger charge is 2.20. The summed E-state index contributed by atoms with van der Waals surface area (Å²) in [7, 11) is 1.36. The number of hydrogen-bond acceptors (Lipinski definition) is 5. The zero-order valence-corrected chi connectivity index (χ0v) is 16.0. The molecule has 0 aromatic heterocycles. The maximum absolute atomic E-state index is 12.6. The van der Waals surface area contributed by atoms with Gasteiger partial charge in [-0.1, -0.05) is 36.4 Å². The van der Waals surface area contributed by atoms with Crippen molar-refractivity contribution in [3.8, 4) is 0 Å². The number of carbonyl (C=O) groups is 1. The van der Waals surface area contributed by atoms with Crippen molar-refractivity contribution in [2.24, 2.45) is 0 Å². The Morgan fingerprint density at radius 3 is 2.42 bits per heavy atom. The summed E-state index contributed by atoms with van der Waals surface area (Å²) in [6, 6.07) is 15.7. The van der Waals surface area contributed by atoms with E-state index in [2.05, 4.69) is 9.46 Å². The molecule has 0 saturated heterocycles. The molecule has 0 saturated carbocycles. The molecule has 7 heteroatoms. The number of esters is 1. The fourth-order valence-electron chi connectivity index (χ4n) is 2.52. The first-order valence-corrected chi connectivity index (χ1v) is 9.70. The number of rotatable bonds is 8. The third-order valence-corrected chi connectivity index (χ3v) is 5.54. The number of nitrogens with one attached hydrogen (secondary N) is 1. The van der Waals surface area contributed by atoms with E-state index in [1.165, 1.54) is 31.4 Å². The van der Waals surface area contributed by atoms with Crippen molar-refractivity contribution in [3.05, 3.63) is 65.7 Å². The molecular weight excluding hydrogens is 352 g/mol. The van der Waals surface area contributed by atoms with Gasteiger partial charge in [-0.3, -0.25) is 0 Å². The van der Waals surface area contributed by atoms with Gasteiger partial charge in [0.2, 0.25) is 10.0 Å². The van der Waals surface area contributed by atoms with Crippen molar-refractivity contribution >= 4 is 16.0 Å². The lowest BCUT2D eigenvalue weighted by Crippen LogP contribution is -2.41. The van der Waals surface area contributed by atoms with Crippen molar-refractivity contribution in [2.75, 3.05) is 27.7 Å². The van der Waals surface area contributed by atoms with Crippen molar-refractivity contribution in [2.45, 2.75) is 17.4 Å². The molecule has 0 aliphatic rings. The number of sulfonamides is 1. The van der Waals surface area contributed by atoms with E-state index in [4.69, 9.17) is 0 Å². The summed E-state index contributed by atoms with van der Waals surface area (Å²) in [4.78, 5) is 13.6. The fourth-order valence-corrected chi connectivity index (χ4v) is 3.64. The highest BCUT2D eigenvalue weighted by atomic mass is 32.2. The van der Waals surface area contributed by atoms with Crippen LogP contribution in [0.3, 0.4) is 0 Å². The molecule has 140 valence electrons. The average molecular weight is 376 g/mol. The van der Waals surface area contributed by atoms with Gasteiger partial charge < -0.3 is 9.64 Å². The third-order valence-electron chi connectivity index (χ3n) is 4.12. The first-order valence-electron chi connectivity index (χ1n) is 8.22. The highest BCUT2D eigenvalue weighted by Crippen LogP contribution is 2.13. The molecular formula is C19H24N2O4S.